The fraction of sp³-hybridized carbons (Fsp3) is 0.417. The lowest BCUT2D eigenvalue weighted by Gasteiger charge is -2.32. The van der Waals surface area contributed by atoms with Crippen LogP contribution in [0.1, 0.15) is 48.7 Å². The number of fused-ring (bicyclic) bond motifs is 3. The van der Waals surface area contributed by atoms with Crippen molar-refractivity contribution in [3.63, 3.8) is 0 Å². The average Bonchev–Trinajstić information content (AvgIpc) is 3.13. The maximum atomic E-state index is 13.4. The quantitative estimate of drug-likeness (QED) is 0.279. The van der Waals surface area contributed by atoms with E-state index in [2.05, 4.69) is 50.7 Å². The summed E-state index contributed by atoms with van der Waals surface area (Å²) in [6, 6.07) is 1.78. The smallest absolute Gasteiger partial charge is 0.208 e. The third-order valence-corrected chi connectivity index (χ3v) is 11.6. The molecule has 0 bridgehead atoms. The highest BCUT2D eigenvalue weighted by atomic mass is 32.1. The van der Waals surface area contributed by atoms with Crippen molar-refractivity contribution in [2.75, 3.05) is 0 Å². The predicted molar refractivity (Wildman–Crippen MR) is 132 cm³/mol. The highest BCUT2D eigenvalue weighted by molar-refractivity contribution is 7.28. The maximum Gasteiger partial charge on any atom is 0.208 e. The Balaban J connectivity index is 1.88. The van der Waals surface area contributed by atoms with Gasteiger partial charge in [0.2, 0.25) is 5.78 Å². The Morgan fingerprint density at radius 3 is 2.16 bits per heavy atom. The van der Waals surface area contributed by atoms with Crippen LogP contribution in [-0.4, -0.2) is 48.6 Å². The van der Waals surface area contributed by atoms with Crippen LogP contribution in [0.5, 0.6) is 11.5 Å². The molecule has 168 valence electrons. The van der Waals surface area contributed by atoms with Gasteiger partial charge >= 0.3 is 0 Å². The number of aromatic hydroxyl groups is 2. The van der Waals surface area contributed by atoms with Crippen LogP contribution >= 0.6 is 11.3 Å². The molecule has 2 aliphatic rings. The predicted octanol–water partition coefficient (Wildman–Crippen LogP) is 3.58. The number of aliphatic hydroxyl groups is 1. The zero-order valence-corrected chi connectivity index (χ0v) is 22.1. The first kappa shape index (κ1) is 23.0. The van der Waals surface area contributed by atoms with E-state index in [0.717, 1.165) is 4.50 Å². The van der Waals surface area contributed by atoms with E-state index in [-0.39, 0.29) is 41.9 Å². The van der Waals surface area contributed by atoms with E-state index >= 15 is 0 Å². The van der Waals surface area contributed by atoms with Crippen molar-refractivity contribution in [3.05, 3.63) is 38.8 Å². The summed E-state index contributed by atoms with van der Waals surface area (Å²) in [6.07, 6.45) is 0.553. The van der Waals surface area contributed by atoms with E-state index < -0.39 is 33.3 Å². The van der Waals surface area contributed by atoms with Gasteiger partial charge in [-0.3, -0.25) is 9.59 Å². The fourth-order valence-electron chi connectivity index (χ4n) is 4.20. The lowest BCUT2D eigenvalue weighted by Crippen LogP contribution is -2.36. The Morgan fingerprint density at radius 2 is 1.56 bits per heavy atom. The molecule has 2 aliphatic carbocycles. The van der Waals surface area contributed by atoms with Gasteiger partial charge in [-0.2, -0.15) is 0 Å². The third kappa shape index (κ3) is 3.67. The molecule has 1 aromatic heterocycles. The Morgan fingerprint density at radius 1 is 0.969 bits per heavy atom. The van der Waals surface area contributed by atoms with E-state index in [1.165, 1.54) is 11.3 Å². The van der Waals surface area contributed by atoms with Gasteiger partial charge in [-0.1, -0.05) is 45.2 Å². The van der Waals surface area contributed by atoms with Gasteiger partial charge in [-0.15, -0.1) is 16.9 Å². The molecule has 4 rings (SSSR count). The lowest BCUT2D eigenvalue weighted by atomic mass is 9.75. The SMILES string of the molecule is C[Si](C)(C)C#CC1(O)CCc2c(O)c3c(c(O)c2C1)C(=O)c1cc([Si](C)(C)C)sc1C3=O. The van der Waals surface area contributed by atoms with Crippen LogP contribution in [-0.2, 0) is 12.8 Å². The molecule has 8 heteroatoms. The number of thiophene rings is 1. The standard InChI is InChI=1S/C24H28O5SSi2/c1-31(2,3)10-9-24(29)8-7-13-15(12-24)21(27)17-18(19(13)25)22(28)23-14(20(17)26)11-16(30-23)32(4,5)6/h11,25,27,29H,7-8,12H2,1-6H3. The second-order valence-electron chi connectivity index (χ2n) is 10.9. The van der Waals surface area contributed by atoms with E-state index in [9.17, 15) is 24.9 Å². The molecule has 1 heterocycles. The molecule has 2 aromatic rings. The van der Waals surface area contributed by atoms with Gasteiger partial charge in [0, 0.05) is 23.1 Å². The van der Waals surface area contributed by atoms with E-state index in [1.807, 2.05) is 0 Å². The van der Waals surface area contributed by atoms with Crippen molar-refractivity contribution in [3.8, 4) is 23.0 Å². The topological polar surface area (TPSA) is 94.8 Å². The van der Waals surface area contributed by atoms with Crippen molar-refractivity contribution >= 4 is 43.6 Å². The highest BCUT2D eigenvalue weighted by Gasteiger charge is 2.43. The Kier molecular flexibility index (Phi) is 5.14. The molecule has 0 radical (unpaired) electrons. The number of carbonyl (C=O) groups is 2. The van der Waals surface area contributed by atoms with Gasteiger partial charge in [-0.05, 0) is 23.4 Å². The Hall–Kier alpha value is -2.19. The monoisotopic (exact) mass is 484 g/mol. The van der Waals surface area contributed by atoms with Crippen molar-refractivity contribution in [1.29, 1.82) is 0 Å². The van der Waals surface area contributed by atoms with Crippen LogP contribution in [0, 0.1) is 11.5 Å². The summed E-state index contributed by atoms with van der Waals surface area (Å²) in [6.45, 7) is 12.7. The molecule has 0 saturated carbocycles. The molecule has 0 fully saturated rings. The largest absolute Gasteiger partial charge is 0.507 e. The van der Waals surface area contributed by atoms with E-state index in [0.29, 0.717) is 21.6 Å². The number of hydrogen-bond donors (Lipinski definition) is 3. The summed E-state index contributed by atoms with van der Waals surface area (Å²) >= 11 is 1.32. The van der Waals surface area contributed by atoms with E-state index in [4.69, 9.17) is 0 Å². The van der Waals surface area contributed by atoms with Crippen LogP contribution in [0.3, 0.4) is 0 Å². The molecule has 1 aromatic carbocycles. The van der Waals surface area contributed by atoms with E-state index in [1.54, 1.807) is 6.07 Å². The van der Waals surface area contributed by atoms with Crippen LogP contribution in [0.25, 0.3) is 0 Å². The first-order valence-electron chi connectivity index (χ1n) is 10.7. The summed E-state index contributed by atoms with van der Waals surface area (Å²) in [4.78, 5) is 27.0. The number of phenols is 2. The Bertz CT molecular complexity index is 1250. The lowest BCUT2D eigenvalue weighted by molar-refractivity contribution is 0.0844. The summed E-state index contributed by atoms with van der Waals surface area (Å²) < 4.78 is 1.02. The number of benzene rings is 1. The minimum absolute atomic E-state index is 0.00457. The van der Waals surface area contributed by atoms with Crippen molar-refractivity contribution in [2.24, 2.45) is 0 Å². The fourth-order valence-corrected chi connectivity index (χ4v) is 7.76. The number of hydrogen-bond acceptors (Lipinski definition) is 6. The molecular weight excluding hydrogens is 456 g/mol. The zero-order valence-electron chi connectivity index (χ0n) is 19.3. The summed E-state index contributed by atoms with van der Waals surface area (Å²) in [7, 11) is -3.49. The number of rotatable bonds is 1. The average molecular weight is 485 g/mol. The second kappa shape index (κ2) is 7.16. The van der Waals surface area contributed by atoms with Crippen LogP contribution in [0.2, 0.25) is 39.3 Å². The van der Waals surface area contributed by atoms with Crippen LogP contribution in [0.15, 0.2) is 6.07 Å². The molecule has 1 unspecified atom stereocenters. The molecule has 0 aliphatic heterocycles. The first-order valence-corrected chi connectivity index (χ1v) is 18.5. The molecule has 0 amide bonds. The first-order chi connectivity index (χ1) is 14.6. The molecular formula is C24H28O5SSi2. The Labute approximate surface area is 194 Å². The minimum Gasteiger partial charge on any atom is -0.507 e. The van der Waals surface area contributed by atoms with Gasteiger partial charge in [0.05, 0.1) is 24.1 Å². The van der Waals surface area contributed by atoms with Gasteiger partial charge in [0.15, 0.2) is 5.78 Å². The number of carbonyl (C=O) groups excluding carboxylic acids is 2. The van der Waals surface area contributed by atoms with Gasteiger partial charge in [0.1, 0.15) is 25.2 Å². The van der Waals surface area contributed by atoms with Crippen LogP contribution < -0.4 is 4.50 Å². The molecule has 1 atom stereocenters. The third-order valence-electron chi connectivity index (χ3n) is 5.96. The van der Waals surface area contributed by atoms with Crippen molar-refractivity contribution in [2.45, 2.75) is 64.1 Å². The minimum atomic E-state index is -1.76. The molecule has 32 heavy (non-hydrogen) atoms. The zero-order chi connectivity index (χ0) is 23.8. The van der Waals surface area contributed by atoms with Gasteiger partial charge in [-0.25, -0.2) is 0 Å². The molecule has 5 nitrogen and oxygen atoms in total. The number of phenolic OH excluding ortho intramolecular Hbond substituents is 2. The second-order valence-corrected chi connectivity index (χ2v) is 22.1. The molecule has 3 N–H and O–H groups in total. The maximum absolute atomic E-state index is 13.4. The molecule has 0 saturated heterocycles. The normalized spacial score (nSPS) is 20.2. The van der Waals surface area contributed by atoms with Crippen molar-refractivity contribution < 1.29 is 24.9 Å². The summed E-state index contributed by atoms with van der Waals surface area (Å²) in [5.74, 6) is 1.56. The molecule has 0 spiro atoms. The van der Waals surface area contributed by atoms with Gasteiger partial charge < -0.3 is 15.3 Å². The van der Waals surface area contributed by atoms with Crippen molar-refractivity contribution in [1.82, 2.24) is 0 Å². The van der Waals surface area contributed by atoms with Gasteiger partial charge in [0.25, 0.3) is 0 Å². The summed E-state index contributed by atoms with van der Waals surface area (Å²) in [5, 5.41) is 33.2. The number of ketones is 2. The van der Waals surface area contributed by atoms with Crippen LogP contribution in [0.4, 0.5) is 0 Å². The summed E-state index contributed by atoms with van der Waals surface area (Å²) in [5.41, 5.74) is 2.61. The highest BCUT2D eigenvalue weighted by Crippen LogP contribution is 2.47.